The maximum atomic E-state index is 14.6. The maximum Gasteiger partial charge on any atom is 0.341 e. The van der Waals surface area contributed by atoms with Gasteiger partial charge in [-0.25, -0.2) is 14.2 Å². The highest BCUT2D eigenvalue weighted by Crippen LogP contribution is 2.27. The maximum absolute atomic E-state index is 14.6. The number of aromatic nitrogens is 2. The Kier molecular flexibility index (Phi) is 5.30. The summed E-state index contributed by atoms with van der Waals surface area (Å²) in [5, 5.41) is 9.25. The van der Waals surface area contributed by atoms with E-state index in [-0.39, 0.29) is 35.3 Å². The number of aromatic carboxylic acids is 1. The van der Waals surface area contributed by atoms with E-state index >= 15 is 0 Å². The van der Waals surface area contributed by atoms with Gasteiger partial charge in [0.15, 0.2) is 11.6 Å². The average molecular weight is 385 g/mol. The summed E-state index contributed by atoms with van der Waals surface area (Å²) in [6, 6.07) is 1.04. The molecule has 2 aromatic rings. The molecule has 1 fully saturated rings. The molecule has 3 rings (SSSR count). The summed E-state index contributed by atoms with van der Waals surface area (Å²) in [5.41, 5.74) is 4.47. The van der Waals surface area contributed by atoms with E-state index in [0.29, 0.717) is 13.1 Å². The molecule has 0 bridgehead atoms. The topological polar surface area (TPSA) is 101 Å². The van der Waals surface area contributed by atoms with Gasteiger partial charge in [0.05, 0.1) is 5.39 Å². The van der Waals surface area contributed by atoms with Gasteiger partial charge in [-0.3, -0.25) is 4.79 Å². The first-order chi connectivity index (χ1) is 11.6. The number of rotatable bonds is 2. The molecule has 3 heterocycles. The van der Waals surface area contributed by atoms with Crippen LogP contribution in [-0.4, -0.2) is 39.8 Å². The van der Waals surface area contributed by atoms with Crippen LogP contribution in [-0.2, 0) is 5.54 Å². The monoisotopic (exact) mass is 384 g/mol. The lowest BCUT2D eigenvalue weighted by Gasteiger charge is -2.26. The van der Waals surface area contributed by atoms with Crippen molar-refractivity contribution in [2.75, 3.05) is 18.0 Å². The number of nitrogens with zero attached hydrogens (tertiary/aromatic N) is 3. The van der Waals surface area contributed by atoms with Gasteiger partial charge in [0.2, 0.25) is 5.43 Å². The second-order valence-corrected chi connectivity index (χ2v) is 7.38. The zero-order valence-electron chi connectivity index (χ0n) is 14.8. The Balaban J connectivity index is 0.00000243. The predicted octanol–water partition coefficient (Wildman–Crippen LogP) is 1.95. The van der Waals surface area contributed by atoms with Crippen LogP contribution in [0.2, 0.25) is 0 Å². The number of anilines is 1. The summed E-state index contributed by atoms with van der Waals surface area (Å²) < 4.78 is 16.2. The van der Waals surface area contributed by atoms with Gasteiger partial charge in [-0.15, -0.1) is 12.4 Å². The van der Waals surface area contributed by atoms with Crippen molar-refractivity contribution in [3.8, 4) is 0 Å². The van der Waals surface area contributed by atoms with E-state index in [1.54, 1.807) is 9.47 Å². The summed E-state index contributed by atoms with van der Waals surface area (Å²) in [6.45, 7) is 6.66. The van der Waals surface area contributed by atoms with Crippen LogP contribution in [0, 0.1) is 5.82 Å². The van der Waals surface area contributed by atoms with Gasteiger partial charge in [-0.1, -0.05) is 0 Å². The molecule has 1 aliphatic heterocycles. The molecule has 142 valence electrons. The Morgan fingerprint density at radius 1 is 1.42 bits per heavy atom. The molecule has 7 nitrogen and oxygen atoms in total. The van der Waals surface area contributed by atoms with Crippen LogP contribution < -0.4 is 16.1 Å². The molecular weight excluding hydrogens is 363 g/mol. The predicted molar refractivity (Wildman–Crippen MR) is 100.0 cm³/mol. The molecule has 0 aliphatic carbocycles. The average Bonchev–Trinajstić information content (AvgIpc) is 2.92. The summed E-state index contributed by atoms with van der Waals surface area (Å²) >= 11 is 0. The fourth-order valence-corrected chi connectivity index (χ4v) is 3.08. The summed E-state index contributed by atoms with van der Waals surface area (Å²) in [6.07, 6.45) is 2.01. The Morgan fingerprint density at radius 3 is 2.58 bits per heavy atom. The van der Waals surface area contributed by atoms with Crippen LogP contribution in [0.3, 0.4) is 0 Å². The number of carbonyl (C=O) groups is 1. The molecule has 0 spiro atoms. The number of fused-ring (bicyclic) bond motifs is 1. The first-order valence-corrected chi connectivity index (χ1v) is 8.10. The van der Waals surface area contributed by atoms with Crippen molar-refractivity contribution in [3.05, 3.63) is 33.9 Å². The van der Waals surface area contributed by atoms with Gasteiger partial charge in [0.25, 0.3) is 0 Å². The molecule has 2 aromatic heterocycles. The van der Waals surface area contributed by atoms with Crippen molar-refractivity contribution in [3.63, 3.8) is 0 Å². The van der Waals surface area contributed by atoms with E-state index in [4.69, 9.17) is 5.73 Å². The summed E-state index contributed by atoms with van der Waals surface area (Å²) in [4.78, 5) is 30.0. The molecule has 9 heteroatoms. The van der Waals surface area contributed by atoms with Gasteiger partial charge in [0, 0.05) is 30.9 Å². The van der Waals surface area contributed by atoms with E-state index in [1.807, 2.05) is 20.8 Å². The van der Waals surface area contributed by atoms with Crippen LogP contribution in [0.25, 0.3) is 11.0 Å². The number of carboxylic acid groups (broad SMARTS) is 1. The molecule has 26 heavy (non-hydrogen) atoms. The third-order valence-electron chi connectivity index (χ3n) is 4.39. The lowest BCUT2D eigenvalue weighted by molar-refractivity contribution is 0.0694. The van der Waals surface area contributed by atoms with Gasteiger partial charge >= 0.3 is 5.97 Å². The Morgan fingerprint density at radius 2 is 2.08 bits per heavy atom. The number of pyridine rings is 2. The number of nitrogens with two attached hydrogens (primary N) is 1. The largest absolute Gasteiger partial charge is 0.477 e. The number of hydrogen-bond acceptors (Lipinski definition) is 5. The molecule has 1 aliphatic rings. The molecule has 0 radical (unpaired) electrons. The SMILES string of the molecule is CC(C)(C)n1cc(C(=O)O)c(=O)c2cc(F)c(N3CC[C@H](N)C3)nc21.Cl. The molecule has 0 aromatic carbocycles. The highest BCUT2D eigenvalue weighted by atomic mass is 35.5. The first-order valence-electron chi connectivity index (χ1n) is 8.10. The number of hydrogen-bond donors (Lipinski definition) is 2. The molecular formula is C17H22ClFN4O3. The van der Waals surface area contributed by atoms with Gasteiger partial charge in [0.1, 0.15) is 11.2 Å². The summed E-state index contributed by atoms with van der Waals surface area (Å²) in [5.74, 6) is -1.86. The molecule has 3 N–H and O–H groups in total. The first kappa shape index (κ1) is 20.1. The third-order valence-corrected chi connectivity index (χ3v) is 4.39. The van der Waals surface area contributed by atoms with Crippen LogP contribution in [0.1, 0.15) is 37.6 Å². The van der Waals surface area contributed by atoms with E-state index < -0.39 is 28.3 Å². The van der Waals surface area contributed by atoms with Crippen LogP contribution in [0.5, 0.6) is 0 Å². The minimum atomic E-state index is -1.35. The van der Waals surface area contributed by atoms with E-state index in [0.717, 1.165) is 12.5 Å². The summed E-state index contributed by atoms with van der Waals surface area (Å²) in [7, 11) is 0. The Bertz CT molecular complexity index is 923. The van der Waals surface area contributed by atoms with Gasteiger partial charge in [-0.05, 0) is 33.3 Å². The normalized spacial score (nSPS) is 17.4. The quantitative estimate of drug-likeness (QED) is 0.820. The van der Waals surface area contributed by atoms with Crippen molar-refractivity contribution in [1.29, 1.82) is 0 Å². The zero-order valence-corrected chi connectivity index (χ0v) is 15.6. The highest BCUT2D eigenvalue weighted by Gasteiger charge is 2.27. The fraction of sp³-hybridized carbons (Fsp3) is 0.471. The van der Waals surface area contributed by atoms with E-state index in [1.165, 1.54) is 6.20 Å². The standard InChI is InChI=1S/C17H21FN4O3.ClH/c1-17(2,3)22-8-11(16(24)25)13(23)10-6-12(18)15(20-14(10)22)21-5-4-9(19)7-21;/h6,8-9H,4-5,7,19H2,1-3H3,(H,24,25);1H/t9-;/m0./s1. The number of carboxylic acids is 1. The molecule has 1 atom stereocenters. The Hall–Kier alpha value is -2.19. The molecule has 0 unspecified atom stereocenters. The fourth-order valence-electron chi connectivity index (χ4n) is 3.08. The smallest absolute Gasteiger partial charge is 0.341 e. The molecule has 0 saturated carbocycles. The lowest BCUT2D eigenvalue weighted by Crippen LogP contribution is -2.30. The second-order valence-electron chi connectivity index (χ2n) is 7.38. The van der Waals surface area contributed by atoms with Gasteiger partial charge < -0.3 is 20.3 Å². The van der Waals surface area contributed by atoms with Crippen molar-refractivity contribution in [2.45, 2.75) is 38.8 Å². The van der Waals surface area contributed by atoms with Crippen LogP contribution in [0.4, 0.5) is 10.2 Å². The van der Waals surface area contributed by atoms with Crippen molar-refractivity contribution >= 4 is 35.2 Å². The van der Waals surface area contributed by atoms with E-state index in [9.17, 15) is 19.1 Å². The van der Waals surface area contributed by atoms with Crippen LogP contribution in [0.15, 0.2) is 17.1 Å². The second kappa shape index (κ2) is 6.85. The van der Waals surface area contributed by atoms with Crippen LogP contribution >= 0.6 is 12.4 Å². The highest BCUT2D eigenvalue weighted by molar-refractivity contribution is 5.92. The lowest BCUT2D eigenvalue weighted by atomic mass is 10.1. The number of halogens is 2. The molecule has 0 amide bonds. The minimum absolute atomic E-state index is 0. The van der Waals surface area contributed by atoms with E-state index in [2.05, 4.69) is 4.98 Å². The third kappa shape index (κ3) is 3.39. The van der Waals surface area contributed by atoms with Crippen molar-refractivity contribution in [1.82, 2.24) is 9.55 Å². The van der Waals surface area contributed by atoms with Gasteiger partial charge in [-0.2, -0.15) is 0 Å². The Labute approximate surface area is 156 Å². The molecule has 1 saturated heterocycles. The minimum Gasteiger partial charge on any atom is -0.477 e. The van der Waals surface area contributed by atoms with Crippen molar-refractivity contribution in [2.24, 2.45) is 5.73 Å². The zero-order chi connectivity index (χ0) is 18.5. The van der Waals surface area contributed by atoms with Crippen molar-refractivity contribution < 1.29 is 14.3 Å².